The highest BCUT2D eigenvalue weighted by atomic mass is 14.5. The van der Waals surface area contributed by atoms with Crippen LogP contribution in [0.3, 0.4) is 0 Å². The Labute approximate surface area is 44.9 Å². The monoisotopic (exact) mass is 96.1 g/mol. The fourth-order valence-corrected chi connectivity index (χ4v) is 2.16. The molecule has 1 atom stereocenters. The van der Waals surface area contributed by atoms with Crippen molar-refractivity contribution in [3.05, 3.63) is 0 Å². The van der Waals surface area contributed by atoms with Crippen LogP contribution in [-0.2, 0) is 0 Å². The van der Waals surface area contributed by atoms with Crippen molar-refractivity contribution in [1.82, 2.24) is 0 Å². The maximum absolute atomic E-state index is 2.40. The van der Waals surface area contributed by atoms with Crippen LogP contribution in [0, 0.1) is 17.8 Å². The molecule has 0 heteroatoms. The molecule has 3 aliphatic rings. The van der Waals surface area contributed by atoms with Crippen molar-refractivity contribution < 1.29 is 0 Å². The fourth-order valence-electron chi connectivity index (χ4n) is 2.16. The summed E-state index contributed by atoms with van der Waals surface area (Å²) in [5, 5.41) is 0. The maximum atomic E-state index is 2.40. The average molecular weight is 96.2 g/mol. The summed E-state index contributed by atoms with van der Waals surface area (Å²) >= 11 is 0. The largest absolute Gasteiger partial charge is 0.0622 e. The molecule has 3 fully saturated rings. The van der Waals surface area contributed by atoms with Crippen molar-refractivity contribution in [1.29, 1.82) is 0 Å². The molecule has 0 unspecified atom stereocenters. The van der Waals surface area contributed by atoms with E-state index in [9.17, 15) is 0 Å². The van der Waals surface area contributed by atoms with Crippen LogP contribution in [0.2, 0.25) is 0 Å². The van der Waals surface area contributed by atoms with Crippen LogP contribution in [0.1, 0.15) is 26.2 Å². The summed E-state index contributed by atoms with van der Waals surface area (Å²) in [5.74, 6) is 3.41. The topological polar surface area (TPSA) is 0 Å². The number of fused-ring (bicyclic) bond motifs is 1. The van der Waals surface area contributed by atoms with Crippen LogP contribution < -0.4 is 0 Å². The first-order valence-corrected chi connectivity index (χ1v) is 3.36. The minimum atomic E-state index is 1.09. The highest BCUT2D eigenvalue weighted by Gasteiger charge is 2.41. The van der Waals surface area contributed by atoms with E-state index in [1.807, 2.05) is 0 Å². The van der Waals surface area contributed by atoms with Gasteiger partial charge in [0.1, 0.15) is 0 Å². The van der Waals surface area contributed by atoms with Crippen molar-refractivity contribution in [2.75, 3.05) is 0 Å². The van der Waals surface area contributed by atoms with Crippen LogP contribution in [0.4, 0.5) is 0 Å². The summed E-state index contributed by atoms with van der Waals surface area (Å²) in [6, 6.07) is 0. The van der Waals surface area contributed by atoms with Gasteiger partial charge in [-0.25, -0.2) is 0 Å². The molecular weight excluding hydrogens is 84.1 g/mol. The van der Waals surface area contributed by atoms with Gasteiger partial charge in [0, 0.05) is 0 Å². The molecule has 0 amide bonds. The molecule has 0 aromatic rings. The normalized spacial score (nSPS) is 57.0. The fraction of sp³-hybridized carbons (Fsp3) is 1.00. The smallest absolute Gasteiger partial charge is 0.0383 e. The molecule has 2 bridgehead atoms. The molecule has 3 rings (SSSR count). The summed E-state index contributed by atoms with van der Waals surface area (Å²) in [4.78, 5) is 0. The van der Waals surface area contributed by atoms with E-state index < -0.39 is 0 Å². The van der Waals surface area contributed by atoms with E-state index in [0.717, 1.165) is 11.8 Å². The molecule has 0 aromatic heterocycles. The van der Waals surface area contributed by atoms with Gasteiger partial charge in [0.25, 0.3) is 0 Å². The van der Waals surface area contributed by atoms with Crippen LogP contribution >= 0.6 is 0 Å². The Morgan fingerprint density at radius 3 is 2.00 bits per heavy atom. The highest BCUT2D eigenvalue weighted by Crippen LogP contribution is 2.51. The van der Waals surface area contributed by atoms with Gasteiger partial charge < -0.3 is 0 Å². The second-order valence-electron chi connectivity index (χ2n) is 3.31. The zero-order valence-corrected chi connectivity index (χ0v) is 4.85. The third kappa shape index (κ3) is 0.375. The van der Waals surface area contributed by atoms with E-state index in [1.54, 1.807) is 19.3 Å². The predicted molar refractivity (Wildman–Crippen MR) is 30.0 cm³/mol. The first-order chi connectivity index (χ1) is 3.36. The minimum Gasteiger partial charge on any atom is -0.0622 e. The standard InChI is InChI=1S/C7H12/c1-5-2-6-3-7(5)4-6/h5-7H,2-4H2,1H3/t5-,6?,7?/m1/s1. The summed E-state index contributed by atoms with van der Waals surface area (Å²) < 4.78 is 0. The molecule has 0 aliphatic heterocycles. The molecule has 0 heterocycles. The van der Waals surface area contributed by atoms with Gasteiger partial charge >= 0.3 is 0 Å². The second kappa shape index (κ2) is 1.04. The van der Waals surface area contributed by atoms with Crippen LogP contribution in [0.15, 0.2) is 0 Å². The molecule has 0 spiro atoms. The second-order valence-corrected chi connectivity index (χ2v) is 3.31. The Morgan fingerprint density at radius 1 is 1.14 bits per heavy atom. The molecule has 3 aliphatic carbocycles. The van der Waals surface area contributed by atoms with Gasteiger partial charge in [-0.15, -0.1) is 0 Å². The lowest BCUT2D eigenvalue weighted by atomic mass is 9.83. The Bertz CT molecular complexity index is 80.0. The molecule has 7 heavy (non-hydrogen) atoms. The zero-order valence-electron chi connectivity index (χ0n) is 4.85. The Balaban J connectivity index is 2.13. The average Bonchev–Trinajstić information content (AvgIpc) is 1.85. The van der Waals surface area contributed by atoms with Crippen molar-refractivity contribution in [2.45, 2.75) is 26.2 Å². The SMILES string of the molecule is C[C@@H]1CC2CC1C2. The van der Waals surface area contributed by atoms with Gasteiger partial charge in [0.15, 0.2) is 0 Å². The number of hydrogen-bond donors (Lipinski definition) is 0. The summed E-state index contributed by atoms with van der Waals surface area (Å²) in [5.41, 5.74) is 0. The van der Waals surface area contributed by atoms with Gasteiger partial charge in [0.05, 0.1) is 0 Å². The lowest BCUT2D eigenvalue weighted by Gasteiger charge is -2.23. The van der Waals surface area contributed by atoms with E-state index >= 15 is 0 Å². The van der Waals surface area contributed by atoms with E-state index in [4.69, 9.17) is 0 Å². The number of hydrogen-bond acceptors (Lipinski definition) is 0. The van der Waals surface area contributed by atoms with Crippen LogP contribution in [0.5, 0.6) is 0 Å². The molecule has 0 aromatic carbocycles. The Morgan fingerprint density at radius 2 is 1.86 bits per heavy atom. The van der Waals surface area contributed by atoms with Gasteiger partial charge in [-0.2, -0.15) is 0 Å². The minimum absolute atomic E-state index is 1.09. The van der Waals surface area contributed by atoms with E-state index in [0.29, 0.717) is 0 Å². The first kappa shape index (κ1) is 3.94. The third-order valence-corrected chi connectivity index (χ3v) is 2.78. The summed E-state index contributed by atoms with van der Waals surface area (Å²) in [6.07, 6.45) is 4.69. The molecule has 0 N–H and O–H groups in total. The Kier molecular flexibility index (Phi) is 0.586. The summed E-state index contributed by atoms with van der Waals surface area (Å²) in [7, 11) is 0. The zero-order chi connectivity index (χ0) is 4.85. The molecule has 40 valence electrons. The van der Waals surface area contributed by atoms with Gasteiger partial charge in [-0.1, -0.05) is 6.92 Å². The summed E-state index contributed by atoms with van der Waals surface area (Å²) in [6.45, 7) is 2.40. The van der Waals surface area contributed by atoms with E-state index in [1.165, 1.54) is 5.92 Å². The maximum Gasteiger partial charge on any atom is -0.0383 e. The van der Waals surface area contributed by atoms with Gasteiger partial charge in [-0.3, -0.25) is 0 Å². The lowest BCUT2D eigenvalue weighted by molar-refractivity contribution is 0.281. The third-order valence-electron chi connectivity index (χ3n) is 2.78. The van der Waals surface area contributed by atoms with E-state index in [-0.39, 0.29) is 0 Å². The first-order valence-electron chi connectivity index (χ1n) is 3.36. The molecule has 0 nitrogen and oxygen atoms in total. The van der Waals surface area contributed by atoms with Crippen LogP contribution in [0.25, 0.3) is 0 Å². The van der Waals surface area contributed by atoms with Crippen molar-refractivity contribution >= 4 is 0 Å². The quantitative estimate of drug-likeness (QED) is 0.433. The van der Waals surface area contributed by atoms with Crippen molar-refractivity contribution in [3.63, 3.8) is 0 Å². The van der Waals surface area contributed by atoms with Crippen LogP contribution in [-0.4, -0.2) is 0 Å². The molecule has 0 saturated heterocycles. The van der Waals surface area contributed by atoms with Crippen molar-refractivity contribution in [3.8, 4) is 0 Å². The molecule has 0 radical (unpaired) electrons. The van der Waals surface area contributed by atoms with Gasteiger partial charge in [-0.05, 0) is 37.0 Å². The molecule has 3 saturated carbocycles. The van der Waals surface area contributed by atoms with E-state index in [2.05, 4.69) is 6.92 Å². The Hall–Kier alpha value is 0. The number of rotatable bonds is 0. The van der Waals surface area contributed by atoms with Crippen molar-refractivity contribution in [2.24, 2.45) is 17.8 Å². The van der Waals surface area contributed by atoms with Gasteiger partial charge in [0.2, 0.25) is 0 Å². The lowest BCUT2D eigenvalue weighted by Crippen LogP contribution is -2.12. The molecular formula is C7H12. The highest BCUT2D eigenvalue weighted by molar-refractivity contribution is 4.91. The predicted octanol–water partition coefficient (Wildman–Crippen LogP) is 2.05.